The second-order valence-electron chi connectivity index (χ2n) is 6.57. The van der Waals surface area contributed by atoms with Crippen molar-refractivity contribution in [1.82, 2.24) is 5.43 Å². The van der Waals surface area contributed by atoms with Gasteiger partial charge in [-0.25, -0.2) is 5.43 Å². The van der Waals surface area contributed by atoms with E-state index in [2.05, 4.69) is 10.5 Å². The summed E-state index contributed by atoms with van der Waals surface area (Å²) in [5.74, 6) is 1.32. The highest BCUT2D eigenvalue weighted by atomic mass is 16.5. The lowest BCUT2D eigenvalue weighted by atomic mass is 10.0. The lowest BCUT2D eigenvalue weighted by Crippen LogP contribution is -2.16. The van der Waals surface area contributed by atoms with E-state index in [1.807, 2.05) is 62.4 Å². The van der Waals surface area contributed by atoms with Crippen molar-refractivity contribution in [3.05, 3.63) is 72.0 Å². The highest BCUT2D eigenvalue weighted by molar-refractivity contribution is 6.03. The number of benzene rings is 3. The molecule has 0 fully saturated rings. The molecule has 1 N–H and O–H groups in total. The number of hydrogen-bond acceptors (Lipinski definition) is 5. The molecule has 0 unspecified atom stereocenters. The van der Waals surface area contributed by atoms with Crippen molar-refractivity contribution in [3.63, 3.8) is 0 Å². The number of amides is 1. The van der Waals surface area contributed by atoms with Gasteiger partial charge in [0, 0.05) is 16.3 Å². The largest absolute Gasteiger partial charge is 0.494 e. The number of ether oxygens (including phenoxy) is 2. The molecule has 3 aromatic carbocycles. The summed E-state index contributed by atoms with van der Waals surface area (Å²) < 4.78 is 16.8. The van der Waals surface area contributed by atoms with E-state index in [4.69, 9.17) is 13.9 Å². The summed E-state index contributed by atoms with van der Waals surface area (Å²) in [6, 6.07) is 18.9. The van der Waals surface area contributed by atoms with Crippen LogP contribution in [0.1, 0.15) is 30.0 Å². The molecule has 4 aromatic rings. The molecule has 0 bridgehead atoms. The van der Waals surface area contributed by atoms with Gasteiger partial charge in [0.25, 0.3) is 0 Å². The zero-order valence-corrected chi connectivity index (χ0v) is 16.8. The van der Waals surface area contributed by atoms with Gasteiger partial charge in [-0.1, -0.05) is 24.3 Å². The Morgan fingerprint density at radius 1 is 1.00 bits per heavy atom. The number of carbonyl (C=O) groups is 1. The fourth-order valence-electron chi connectivity index (χ4n) is 3.29. The SMILES string of the molecule is CCOc1ccc2oc(C(=O)N/N=C/c3ccc(OCC)c4ccccc34)cc2c1. The summed E-state index contributed by atoms with van der Waals surface area (Å²) in [4.78, 5) is 12.4. The maximum Gasteiger partial charge on any atom is 0.307 e. The smallest absolute Gasteiger partial charge is 0.307 e. The first-order valence-electron chi connectivity index (χ1n) is 9.84. The quantitative estimate of drug-likeness (QED) is 0.343. The Morgan fingerprint density at radius 3 is 2.60 bits per heavy atom. The van der Waals surface area contributed by atoms with Crippen LogP contribution < -0.4 is 14.9 Å². The lowest BCUT2D eigenvalue weighted by Gasteiger charge is -2.09. The summed E-state index contributed by atoms with van der Waals surface area (Å²) in [7, 11) is 0. The van der Waals surface area contributed by atoms with Crippen LogP contribution in [-0.2, 0) is 0 Å². The molecule has 0 radical (unpaired) electrons. The van der Waals surface area contributed by atoms with Crippen molar-refractivity contribution < 1.29 is 18.7 Å². The van der Waals surface area contributed by atoms with Gasteiger partial charge in [-0.2, -0.15) is 5.10 Å². The van der Waals surface area contributed by atoms with Crippen molar-refractivity contribution in [3.8, 4) is 11.5 Å². The minimum atomic E-state index is -0.421. The fraction of sp³-hybridized carbons (Fsp3) is 0.167. The number of hydrogen-bond donors (Lipinski definition) is 1. The average molecular weight is 402 g/mol. The predicted molar refractivity (Wildman–Crippen MR) is 118 cm³/mol. The molecule has 6 nitrogen and oxygen atoms in total. The van der Waals surface area contributed by atoms with Crippen molar-refractivity contribution in [2.24, 2.45) is 5.10 Å². The molecule has 30 heavy (non-hydrogen) atoms. The lowest BCUT2D eigenvalue weighted by molar-refractivity contribution is 0.0929. The molecular weight excluding hydrogens is 380 g/mol. The molecule has 0 aliphatic carbocycles. The summed E-state index contributed by atoms with van der Waals surface area (Å²) in [6.45, 7) is 5.04. The topological polar surface area (TPSA) is 73.1 Å². The Labute approximate surface area is 174 Å². The number of fused-ring (bicyclic) bond motifs is 2. The molecule has 0 saturated carbocycles. The minimum absolute atomic E-state index is 0.187. The third kappa shape index (κ3) is 3.98. The predicted octanol–water partition coefficient (Wildman–Crippen LogP) is 5.15. The van der Waals surface area contributed by atoms with Gasteiger partial charge >= 0.3 is 5.91 Å². The highest BCUT2D eigenvalue weighted by Gasteiger charge is 2.12. The Kier molecular flexibility index (Phi) is 5.66. The molecule has 0 aliphatic rings. The Balaban J connectivity index is 1.52. The molecule has 6 heteroatoms. The number of nitrogens with zero attached hydrogens (tertiary/aromatic N) is 1. The van der Waals surface area contributed by atoms with E-state index >= 15 is 0 Å². The highest BCUT2D eigenvalue weighted by Crippen LogP contribution is 2.28. The van der Waals surface area contributed by atoms with Crippen molar-refractivity contribution in [2.45, 2.75) is 13.8 Å². The molecule has 0 spiro atoms. The van der Waals surface area contributed by atoms with Crippen LogP contribution in [0.15, 0.2) is 70.2 Å². The normalized spacial score (nSPS) is 11.3. The molecule has 4 rings (SSSR count). The summed E-state index contributed by atoms with van der Waals surface area (Å²) in [5.41, 5.74) is 4.02. The zero-order valence-electron chi connectivity index (χ0n) is 16.8. The van der Waals surface area contributed by atoms with Crippen molar-refractivity contribution in [2.75, 3.05) is 13.2 Å². The van der Waals surface area contributed by atoms with Gasteiger partial charge in [0.1, 0.15) is 17.1 Å². The first kappa shape index (κ1) is 19.5. The third-order valence-electron chi connectivity index (χ3n) is 4.61. The summed E-state index contributed by atoms with van der Waals surface area (Å²) in [5, 5.41) is 6.90. The van der Waals surface area contributed by atoms with E-state index in [0.29, 0.717) is 18.8 Å². The molecule has 1 amide bonds. The number of furan rings is 1. The summed E-state index contributed by atoms with van der Waals surface area (Å²) in [6.07, 6.45) is 1.62. The first-order chi connectivity index (χ1) is 14.7. The van der Waals surface area contributed by atoms with E-state index in [9.17, 15) is 4.79 Å². The maximum absolute atomic E-state index is 12.4. The Hall–Kier alpha value is -3.80. The fourth-order valence-corrected chi connectivity index (χ4v) is 3.29. The van der Waals surface area contributed by atoms with Crippen LogP contribution in [0.2, 0.25) is 0 Å². The van der Waals surface area contributed by atoms with Gasteiger partial charge in [0.15, 0.2) is 5.76 Å². The van der Waals surface area contributed by atoms with Crippen LogP contribution >= 0.6 is 0 Å². The maximum atomic E-state index is 12.4. The van der Waals surface area contributed by atoms with E-state index in [1.54, 1.807) is 18.3 Å². The van der Waals surface area contributed by atoms with Gasteiger partial charge in [-0.15, -0.1) is 0 Å². The number of carbonyl (C=O) groups excluding carboxylic acids is 1. The van der Waals surface area contributed by atoms with Crippen LogP contribution in [0, 0.1) is 0 Å². The van der Waals surface area contributed by atoms with Crippen LogP contribution in [0.25, 0.3) is 21.7 Å². The summed E-state index contributed by atoms with van der Waals surface area (Å²) >= 11 is 0. The standard InChI is InChI=1S/C24H22N2O4/c1-3-28-18-10-12-21-17(13-18)14-23(30-21)24(27)26-25-15-16-9-11-22(29-4-2)20-8-6-5-7-19(16)20/h5-15H,3-4H2,1-2H3,(H,26,27)/b25-15+. The van der Waals surface area contributed by atoms with Gasteiger partial charge in [-0.05, 0) is 55.6 Å². The van der Waals surface area contributed by atoms with E-state index in [1.165, 1.54) is 0 Å². The molecule has 1 heterocycles. The second kappa shape index (κ2) is 8.69. The molecular formula is C24H22N2O4. The van der Waals surface area contributed by atoms with Crippen LogP contribution in [0.4, 0.5) is 0 Å². The molecule has 0 aliphatic heterocycles. The third-order valence-corrected chi connectivity index (χ3v) is 4.61. The number of nitrogens with one attached hydrogen (secondary N) is 1. The van der Waals surface area contributed by atoms with E-state index in [-0.39, 0.29) is 5.76 Å². The first-order valence-corrected chi connectivity index (χ1v) is 9.84. The molecule has 0 atom stereocenters. The monoisotopic (exact) mass is 402 g/mol. The Bertz CT molecular complexity index is 1230. The molecule has 1 aromatic heterocycles. The van der Waals surface area contributed by atoms with Crippen LogP contribution in [0.5, 0.6) is 11.5 Å². The van der Waals surface area contributed by atoms with Gasteiger partial charge < -0.3 is 13.9 Å². The zero-order chi connectivity index (χ0) is 20.9. The van der Waals surface area contributed by atoms with Gasteiger partial charge in [0.2, 0.25) is 0 Å². The van der Waals surface area contributed by atoms with E-state index in [0.717, 1.165) is 33.2 Å². The van der Waals surface area contributed by atoms with E-state index < -0.39 is 5.91 Å². The Morgan fingerprint density at radius 2 is 1.80 bits per heavy atom. The minimum Gasteiger partial charge on any atom is -0.494 e. The van der Waals surface area contributed by atoms with Gasteiger partial charge in [-0.3, -0.25) is 4.79 Å². The average Bonchev–Trinajstić information content (AvgIpc) is 3.19. The number of hydrazone groups is 1. The molecule has 152 valence electrons. The van der Waals surface area contributed by atoms with Crippen LogP contribution in [0.3, 0.4) is 0 Å². The van der Waals surface area contributed by atoms with Crippen molar-refractivity contribution in [1.29, 1.82) is 0 Å². The number of rotatable bonds is 7. The van der Waals surface area contributed by atoms with Gasteiger partial charge in [0.05, 0.1) is 19.4 Å². The molecule has 0 saturated heterocycles. The van der Waals surface area contributed by atoms with Crippen LogP contribution in [-0.4, -0.2) is 25.3 Å². The second-order valence-corrected chi connectivity index (χ2v) is 6.57. The van der Waals surface area contributed by atoms with Crippen molar-refractivity contribution >= 4 is 33.9 Å².